The first-order valence-corrected chi connectivity index (χ1v) is 9.03. The predicted octanol–water partition coefficient (Wildman–Crippen LogP) is 3.30. The summed E-state index contributed by atoms with van der Waals surface area (Å²) >= 11 is 0. The lowest BCUT2D eigenvalue weighted by atomic mass is 10.1. The van der Waals surface area contributed by atoms with Crippen molar-refractivity contribution in [1.29, 1.82) is 0 Å². The first-order chi connectivity index (χ1) is 14.6. The lowest BCUT2D eigenvalue weighted by Crippen LogP contribution is -2.47. The molecule has 0 aliphatic rings. The Morgan fingerprint density at radius 1 is 1.06 bits per heavy atom. The largest absolute Gasteiger partial charge is 0.504 e. The van der Waals surface area contributed by atoms with Gasteiger partial charge in [-0.2, -0.15) is 18.3 Å². The van der Waals surface area contributed by atoms with Gasteiger partial charge in [0, 0.05) is 0 Å². The average Bonchev–Trinajstić information content (AvgIpc) is 3.14. The summed E-state index contributed by atoms with van der Waals surface area (Å²) in [5, 5.41) is 16.3. The van der Waals surface area contributed by atoms with E-state index >= 15 is 0 Å². The van der Waals surface area contributed by atoms with Crippen LogP contribution in [0.2, 0.25) is 0 Å². The molecule has 4 N–H and O–H groups in total. The molecule has 3 aromatic rings. The molecule has 0 spiro atoms. The van der Waals surface area contributed by atoms with Gasteiger partial charge in [0.05, 0.1) is 23.5 Å². The number of carbonyl (C=O) groups is 2. The van der Waals surface area contributed by atoms with E-state index in [0.717, 1.165) is 12.1 Å². The molecule has 11 heteroatoms. The molecule has 8 nitrogen and oxygen atoms in total. The number of urea groups is 1. The van der Waals surface area contributed by atoms with Gasteiger partial charge in [-0.15, -0.1) is 0 Å². The van der Waals surface area contributed by atoms with E-state index in [0.29, 0.717) is 5.69 Å². The van der Waals surface area contributed by atoms with E-state index in [2.05, 4.69) is 21.3 Å². The minimum absolute atomic E-state index is 0.232. The van der Waals surface area contributed by atoms with Gasteiger partial charge in [0.15, 0.2) is 11.4 Å². The topological polar surface area (TPSA) is 108 Å². The molecule has 0 fully saturated rings. The Bertz CT molecular complexity index is 1080. The number of aromatic hydroxyl groups is 1. The lowest BCUT2D eigenvalue weighted by Gasteiger charge is -2.16. The zero-order chi connectivity index (χ0) is 22.6. The standard InChI is InChI=1S/C20H18F3N5O3/c1-12(13-6-5-7-14(10-13)20(21,22)23)24-19(31)26-25-18(30)17-16(29)11-28(27-17)15-8-3-2-4-9-15/h2-12,29H,1H3,(H,25,30)(H2,24,26,31). The van der Waals surface area contributed by atoms with Gasteiger partial charge in [-0.05, 0) is 36.8 Å². The second kappa shape index (κ2) is 8.78. The molecule has 3 amide bonds. The number of nitrogens with one attached hydrogen (secondary N) is 3. The van der Waals surface area contributed by atoms with Crippen molar-refractivity contribution >= 4 is 11.9 Å². The van der Waals surface area contributed by atoms with Crippen molar-refractivity contribution in [2.45, 2.75) is 19.1 Å². The van der Waals surface area contributed by atoms with E-state index < -0.39 is 35.5 Å². The van der Waals surface area contributed by atoms with Crippen LogP contribution in [0.4, 0.5) is 18.0 Å². The Hall–Kier alpha value is -4.02. The third kappa shape index (κ3) is 5.32. The van der Waals surface area contributed by atoms with Gasteiger partial charge in [-0.1, -0.05) is 30.3 Å². The Balaban J connectivity index is 1.59. The van der Waals surface area contributed by atoms with Gasteiger partial charge >= 0.3 is 12.2 Å². The highest BCUT2D eigenvalue weighted by molar-refractivity contribution is 5.95. The van der Waals surface area contributed by atoms with Gasteiger partial charge in [0.25, 0.3) is 5.91 Å². The third-order valence-electron chi connectivity index (χ3n) is 4.28. The number of hydrogen-bond acceptors (Lipinski definition) is 4. The summed E-state index contributed by atoms with van der Waals surface area (Å²) in [7, 11) is 0. The SMILES string of the molecule is CC(NC(=O)NNC(=O)c1nn(-c2ccccc2)cc1O)c1cccc(C(F)(F)F)c1. The molecule has 1 aromatic heterocycles. The Morgan fingerprint density at radius 2 is 1.77 bits per heavy atom. The zero-order valence-electron chi connectivity index (χ0n) is 16.1. The van der Waals surface area contributed by atoms with Crippen molar-refractivity contribution in [3.8, 4) is 11.4 Å². The number of hydrogen-bond donors (Lipinski definition) is 4. The van der Waals surface area contributed by atoms with E-state index in [4.69, 9.17) is 0 Å². The molecule has 1 heterocycles. The van der Waals surface area contributed by atoms with Crippen molar-refractivity contribution in [3.63, 3.8) is 0 Å². The lowest BCUT2D eigenvalue weighted by molar-refractivity contribution is -0.137. The molecule has 3 rings (SSSR count). The molecule has 2 aromatic carbocycles. The number of alkyl halides is 3. The van der Waals surface area contributed by atoms with E-state index in [1.54, 1.807) is 30.3 Å². The average molecular weight is 433 g/mol. The number of benzene rings is 2. The number of para-hydroxylation sites is 1. The van der Waals surface area contributed by atoms with Gasteiger partial charge in [0.1, 0.15) is 0 Å². The van der Waals surface area contributed by atoms with Crippen LogP contribution in [0.3, 0.4) is 0 Å². The molecule has 0 radical (unpaired) electrons. The van der Waals surface area contributed by atoms with Crippen LogP contribution in [-0.4, -0.2) is 26.8 Å². The maximum Gasteiger partial charge on any atom is 0.416 e. The van der Waals surface area contributed by atoms with E-state index in [9.17, 15) is 27.9 Å². The van der Waals surface area contributed by atoms with Crippen LogP contribution in [0.25, 0.3) is 5.69 Å². The fraction of sp³-hybridized carbons (Fsp3) is 0.150. The summed E-state index contributed by atoms with van der Waals surface area (Å²) in [6.45, 7) is 1.49. The van der Waals surface area contributed by atoms with Gasteiger partial charge < -0.3 is 10.4 Å². The number of carbonyl (C=O) groups excluding carboxylic acids is 2. The zero-order valence-corrected chi connectivity index (χ0v) is 16.1. The second-order valence-corrected chi connectivity index (χ2v) is 6.54. The summed E-state index contributed by atoms with van der Waals surface area (Å²) in [6.07, 6.45) is -3.27. The quantitative estimate of drug-likeness (QED) is 0.474. The summed E-state index contributed by atoms with van der Waals surface area (Å²) in [5.74, 6) is -1.28. The predicted molar refractivity (Wildman–Crippen MR) is 104 cm³/mol. The van der Waals surface area contributed by atoms with E-state index in [-0.39, 0.29) is 11.3 Å². The van der Waals surface area contributed by atoms with Gasteiger partial charge in [-0.3, -0.25) is 10.2 Å². The van der Waals surface area contributed by atoms with E-state index in [1.165, 1.54) is 29.9 Å². The van der Waals surface area contributed by atoms with Crippen LogP contribution in [0.5, 0.6) is 5.75 Å². The number of rotatable bonds is 4. The third-order valence-corrected chi connectivity index (χ3v) is 4.28. The maximum absolute atomic E-state index is 12.8. The highest BCUT2D eigenvalue weighted by atomic mass is 19.4. The highest BCUT2D eigenvalue weighted by Crippen LogP contribution is 2.30. The summed E-state index contributed by atoms with van der Waals surface area (Å²) in [6, 6.07) is 11.6. The molecule has 0 aliphatic carbocycles. The second-order valence-electron chi connectivity index (χ2n) is 6.54. The van der Waals surface area contributed by atoms with Crippen molar-refractivity contribution < 1.29 is 27.9 Å². The van der Waals surface area contributed by atoms with Gasteiger partial charge in [0.2, 0.25) is 0 Å². The molecule has 31 heavy (non-hydrogen) atoms. The molecule has 0 saturated carbocycles. The fourth-order valence-electron chi connectivity index (χ4n) is 2.71. The molecular weight excluding hydrogens is 415 g/mol. The highest BCUT2D eigenvalue weighted by Gasteiger charge is 2.30. The summed E-state index contributed by atoms with van der Waals surface area (Å²) in [4.78, 5) is 24.2. The Morgan fingerprint density at radius 3 is 2.45 bits per heavy atom. The molecule has 0 saturated heterocycles. The van der Waals surface area contributed by atoms with Crippen LogP contribution < -0.4 is 16.2 Å². The number of halogens is 3. The molecular formula is C20H18F3N5O3. The van der Waals surface area contributed by atoms with Crippen LogP contribution >= 0.6 is 0 Å². The van der Waals surface area contributed by atoms with Crippen molar-refractivity contribution in [3.05, 3.63) is 77.6 Å². The molecule has 1 unspecified atom stereocenters. The fourth-order valence-corrected chi connectivity index (χ4v) is 2.71. The van der Waals surface area contributed by atoms with Crippen LogP contribution in [0.15, 0.2) is 60.8 Å². The van der Waals surface area contributed by atoms with E-state index in [1.807, 2.05) is 0 Å². The summed E-state index contributed by atoms with van der Waals surface area (Å²) < 4.78 is 39.8. The van der Waals surface area contributed by atoms with Gasteiger partial charge in [-0.25, -0.2) is 14.9 Å². The number of amides is 3. The van der Waals surface area contributed by atoms with Crippen LogP contribution in [0.1, 0.15) is 34.6 Å². The number of hydrazine groups is 1. The van der Waals surface area contributed by atoms with Crippen molar-refractivity contribution in [1.82, 2.24) is 25.9 Å². The van der Waals surface area contributed by atoms with Crippen molar-refractivity contribution in [2.24, 2.45) is 0 Å². The minimum atomic E-state index is -4.50. The Kier molecular flexibility index (Phi) is 6.14. The maximum atomic E-state index is 12.8. The minimum Gasteiger partial charge on any atom is -0.504 e. The first kappa shape index (κ1) is 21.7. The van der Waals surface area contributed by atoms with Crippen molar-refractivity contribution in [2.75, 3.05) is 0 Å². The normalized spacial score (nSPS) is 12.1. The molecule has 0 bridgehead atoms. The molecule has 0 aliphatic heterocycles. The number of aromatic nitrogens is 2. The first-order valence-electron chi connectivity index (χ1n) is 9.03. The van der Waals surface area contributed by atoms with Crippen LogP contribution in [0, 0.1) is 0 Å². The summed E-state index contributed by atoms with van der Waals surface area (Å²) in [5.41, 5.74) is 3.83. The molecule has 162 valence electrons. The monoisotopic (exact) mass is 433 g/mol. The Labute approximate surface area is 174 Å². The number of nitrogens with zero attached hydrogens (tertiary/aromatic N) is 2. The molecule has 1 atom stereocenters. The smallest absolute Gasteiger partial charge is 0.416 e. The van der Waals surface area contributed by atoms with Crippen LogP contribution in [-0.2, 0) is 6.18 Å².